The molecule has 116 valence electrons. The molecule has 6 nitrogen and oxygen atoms in total. The standard InChI is InChI=1S/C14H24O6/c1-9(2)17-13(15)19-11-6-5-7-12(8-11)20-14(16)18-10(3)4/h9-12H,5-8H2,1-4H3. The molecule has 2 atom stereocenters. The van der Waals surface area contributed by atoms with Gasteiger partial charge in [0.1, 0.15) is 12.2 Å². The van der Waals surface area contributed by atoms with Crippen molar-refractivity contribution in [2.45, 2.75) is 77.8 Å². The predicted molar refractivity (Wildman–Crippen MR) is 71.4 cm³/mol. The van der Waals surface area contributed by atoms with Crippen molar-refractivity contribution >= 4 is 12.3 Å². The number of carbonyl (C=O) groups is 2. The van der Waals surface area contributed by atoms with E-state index in [9.17, 15) is 9.59 Å². The maximum absolute atomic E-state index is 11.4. The molecule has 6 heteroatoms. The van der Waals surface area contributed by atoms with Gasteiger partial charge in [-0.05, 0) is 47.0 Å². The van der Waals surface area contributed by atoms with Gasteiger partial charge in [0.2, 0.25) is 0 Å². The Morgan fingerprint density at radius 3 is 1.60 bits per heavy atom. The lowest BCUT2D eigenvalue weighted by molar-refractivity contribution is -0.0442. The third-order valence-electron chi connectivity index (χ3n) is 2.77. The molecule has 0 saturated heterocycles. The van der Waals surface area contributed by atoms with E-state index in [1.54, 1.807) is 27.7 Å². The van der Waals surface area contributed by atoms with Crippen LogP contribution in [0, 0.1) is 0 Å². The zero-order valence-corrected chi connectivity index (χ0v) is 12.6. The van der Waals surface area contributed by atoms with Gasteiger partial charge in [-0.2, -0.15) is 0 Å². The van der Waals surface area contributed by atoms with Crippen molar-refractivity contribution in [3.63, 3.8) is 0 Å². The van der Waals surface area contributed by atoms with Crippen LogP contribution < -0.4 is 0 Å². The van der Waals surface area contributed by atoms with E-state index in [1.807, 2.05) is 0 Å². The van der Waals surface area contributed by atoms with Crippen LogP contribution in [0.2, 0.25) is 0 Å². The van der Waals surface area contributed by atoms with Crippen molar-refractivity contribution in [1.82, 2.24) is 0 Å². The van der Waals surface area contributed by atoms with E-state index >= 15 is 0 Å². The van der Waals surface area contributed by atoms with Crippen molar-refractivity contribution in [1.29, 1.82) is 0 Å². The van der Waals surface area contributed by atoms with Crippen LogP contribution in [0.1, 0.15) is 53.4 Å². The summed E-state index contributed by atoms with van der Waals surface area (Å²) in [6.45, 7) is 7.04. The summed E-state index contributed by atoms with van der Waals surface area (Å²) < 4.78 is 20.3. The predicted octanol–water partition coefficient (Wildman–Crippen LogP) is 3.42. The van der Waals surface area contributed by atoms with Gasteiger partial charge in [0.15, 0.2) is 0 Å². The van der Waals surface area contributed by atoms with Gasteiger partial charge in [-0.1, -0.05) is 0 Å². The van der Waals surface area contributed by atoms with Crippen LogP contribution in [0.3, 0.4) is 0 Å². The first-order valence-corrected chi connectivity index (χ1v) is 7.11. The average molecular weight is 288 g/mol. The second-order valence-electron chi connectivity index (χ2n) is 5.48. The molecule has 0 heterocycles. The molecule has 0 aromatic rings. The molecule has 20 heavy (non-hydrogen) atoms. The third-order valence-corrected chi connectivity index (χ3v) is 2.77. The van der Waals surface area contributed by atoms with Crippen LogP contribution in [-0.2, 0) is 18.9 Å². The Labute approximate surface area is 119 Å². The monoisotopic (exact) mass is 288 g/mol. The number of hydrogen-bond donors (Lipinski definition) is 0. The quantitative estimate of drug-likeness (QED) is 0.738. The maximum atomic E-state index is 11.4. The lowest BCUT2D eigenvalue weighted by atomic mass is 9.95. The maximum Gasteiger partial charge on any atom is 0.508 e. The van der Waals surface area contributed by atoms with Gasteiger partial charge in [0.05, 0.1) is 12.2 Å². The van der Waals surface area contributed by atoms with Gasteiger partial charge in [0, 0.05) is 6.42 Å². The Kier molecular flexibility index (Phi) is 6.61. The van der Waals surface area contributed by atoms with E-state index < -0.39 is 12.3 Å². The third kappa shape index (κ3) is 6.63. The summed E-state index contributed by atoms with van der Waals surface area (Å²) >= 11 is 0. The summed E-state index contributed by atoms with van der Waals surface area (Å²) in [6.07, 6.45) is 0.529. The zero-order chi connectivity index (χ0) is 15.1. The summed E-state index contributed by atoms with van der Waals surface area (Å²) in [5, 5.41) is 0. The molecule has 2 unspecified atom stereocenters. The Morgan fingerprint density at radius 2 is 1.25 bits per heavy atom. The normalized spacial score (nSPS) is 22.5. The molecule has 0 aliphatic heterocycles. The molecule has 0 N–H and O–H groups in total. The van der Waals surface area contributed by atoms with Gasteiger partial charge >= 0.3 is 12.3 Å². The van der Waals surface area contributed by atoms with Crippen molar-refractivity contribution in [3.05, 3.63) is 0 Å². The van der Waals surface area contributed by atoms with E-state index in [1.165, 1.54) is 0 Å². The van der Waals surface area contributed by atoms with E-state index in [2.05, 4.69) is 0 Å². The summed E-state index contributed by atoms with van der Waals surface area (Å²) in [5.74, 6) is 0. The SMILES string of the molecule is CC(C)OC(=O)OC1CCCC(OC(=O)OC(C)C)C1. The summed E-state index contributed by atoms with van der Waals surface area (Å²) in [7, 11) is 0. The van der Waals surface area contributed by atoms with Gasteiger partial charge < -0.3 is 18.9 Å². The largest absolute Gasteiger partial charge is 0.508 e. The van der Waals surface area contributed by atoms with Gasteiger partial charge in [-0.15, -0.1) is 0 Å². The molecule has 0 amide bonds. The van der Waals surface area contributed by atoms with Crippen molar-refractivity contribution < 1.29 is 28.5 Å². The highest BCUT2D eigenvalue weighted by Gasteiger charge is 2.28. The first kappa shape index (κ1) is 16.6. The summed E-state index contributed by atoms with van der Waals surface area (Å²) in [4.78, 5) is 22.8. The number of rotatable bonds is 4. The van der Waals surface area contributed by atoms with Gasteiger partial charge in [-0.25, -0.2) is 9.59 Å². The van der Waals surface area contributed by atoms with Crippen LogP contribution in [-0.4, -0.2) is 36.7 Å². The van der Waals surface area contributed by atoms with E-state index in [0.717, 1.165) is 19.3 Å². The minimum Gasteiger partial charge on any atom is -0.432 e. The number of ether oxygens (including phenoxy) is 4. The van der Waals surface area contributed by atoms with Gasteiger partial charge in [-0.3, -0.25) is 0 Å². The van der Waals surface area contributed by atoms with Crippen LogP contribution in [0.25, 0.3) is 0 Å². The highest BCUT2D eigenvalue weighted by molar-refractivity contribution is 5.61. The second-order valence-corrected chi connectivity index (χ2v) is 5.48. The minimum absolute atomic E-state index is 0.209. The molecule has 1 aliphatic rings. The van der Waals surface area contributed by atoms with Gasteiger partial charge in [0.25, 0.3) is 0 Å². The Morgan fingerprint density at radius 1 is 0.850 bits per heavy atom. The molecule has 0 radical (unpaired) electrons. The smallest absolute Gasteiger partial charge is 0.432 e. The van der Waals surface area contributed by atoms with Crippen LogP contribution in [0.4, 0.5) is 9.59 Å². The molecule has 1 saturated carbocycles. The molecule has 1 fully saturated rings. The zero-order valence-electron chi connectivity index (χ0n) is 12.6. The molecule has 1 aliphatic carbocycles. The lowest BCUT2D eigenvalue weighted by Gasteiger charge is -2.28. The first-order valence-electron chi connectivity index (χ1n) is 7.11. The molecule has 0 aromatic heterocycles. The van der Waals surface area contributed by atoms with Crippen LogP contribution in [0.5, 0.6) is 0 Å². The minimum atomic E-state index is -0.671. The molecular weight excluding hydrogens is 264 g/mol. The highest BCUT2D eigenvalue weighted by atomic mass is 16.7. The first-order chi connectivity index (χ1) is 9.36. The molecule has 0 aromatic carbocycles. The van der Waals surface area contributed by atoms with E-state index in [-0.39, 0.29) is 24.4 Å². The lowest BCUT2D eigenvalue weighted by Crippen LogP contribution is -2.32. The Balaban J connectivity index is 2.35. The summed E-state index contributed by atoms with van der Waals surface area (Å²) in [6, 6.07) is 0. The van der Waals surface area contributed by atoms with Crippen molar-refractivity contribution in [3.8, 4) is 0 Å². The van der Waals surface area contributed by atoms with Crippen LogP contribution >= 0.6 is 0 Å². The van der Waals surface area contributed by atoms with E-state index in [0.29, 0.717) is 6.42 Å². The number of hydrogen-bond acceptors (Lipinski definition) is 6. The highest BCUT2D eigenvalue weighted by Crippen LogP contribution is 2.24. The Bertz CT molecular complexity index is 296. The molecular formula is C14H24O6. The number of carbonyl (C=O) groups excluding carboxylic acids is 2. The fourth-order valence-corrected chi connectivity index (χ4v) is 2.03. The topological polar surface area (TPSA) is 71.1 Å². The van der Waals surface area contributed by atoms with E-state index in [4.69, 9.17) is 18.9 Å². The Hall–Kier alpha value is -1.46. The van der Waals surface area contributed by atoms with Crippen molar-refractivity contribution in [2.24, 2.45) is 0 Å². The summed E-state index contributed by atoms with van der Waals surface area (Å²) in [5.41, 5.74) is 0. The fourth-order valence-electron chi connectivity index (χ4n) is 2.03. The molecule has 1 rings (SSSR count). The van der Waals surface area contributed by atoms with Crippen LogP contribution in [0.15, 0.2) is 0 Å². The van der Waals surface area contributed by atoms with Crippen molar-refractivity contribution in [2.75, 3.05) is 0 Å². The molecule has 0 spiro atoms. The fraction of sp³-hybridized carbons (Fsp3) is 0.857. The average Bonchev–Trinajstić information content (AvgIpc) is 2.26. The molecule has 0 bridgehead atoms. The second kappa shape index (κ2) is 7.97.